The lowest BCUT2D eigenvalue weighted by atomic mass is 10.1. The van der Waals surface area contributed by atoms with Crippen LogP contribution in [0.3, 0.4) is 0 Å². The summed E-state index contributed by atoms with van der Waals surface area (Å²) in [5, 5.41) is 20.5. The van der Waals surface area contributed by atoms with E-state index >= 15 is 0 Å². The minimum Gasteiger partial charge on any atom is -0.506 e. The number of carbonyl (C=O) groups excluding carboxylic acids is 2. The van der Waals surface area contributed by atoms with E-state index in [1.54, 1.807) is 24.3 Å². The van der Waals surface area contributed by atoms with Crippen molar-refractivity contribution in [3.63, 3.8) is 0 Å². The molecule has 1 saturated heterocycles. The second-order valence-electron chi connectivity index (χ2n) is 5.49. The van der Waals surface area contributed by atoms with Gasteiger partial charge in [0.2, 0.25) is 0 Å². The van der Waals surface area contributed by atoms with Gasteiger partial charge in [0, 0.05) is 11.6 Å². The standard InChI is InChI=1S/C17H10I2N2O5S/c18-11-5-9(6-12(19)15(11)22)7-14-16(23)20(17(24)27-14)8-10-3-1-2-4-13(10)21(25)26/h1-7,22H,8H2/b14-7-. The Morgan fingerprint density at radius 2 is 1.81 bits per heavy atom. The first-order valence-electron chi connectivity index (χ1n) is 7.43. The van der Waals surface area contributed by atoms with Crippen LogP contribution < -0.4 is 0 Å². The number of amides is 2. The monoisotopic (exact) mass is 608 g/mol. The number of imide groups is 1. The lowest BCUT2D eigenvalue weighted by Crippen LogP contribution is -2.27. The molecule has 1 N–H and O–H groups in total. The first-order chi connectivity index (χ1) is 12.8. The van der Waals surface area contributed by atoms with Crippen LogP contribution in [0.1, 0.15) is 11.1 Å². The lowest BCUT2D eigenvalue weighted by molar-refractivity contribution is -0.385. The normalized spacial score (nSPS) is 15.6. The van der Waals surface area contributed by atoms with Crippen molar-refractivity contribution < 1.29 is 19.6 Å². The first-order valence-corrected chi connectivity index (χ1v) is 10.4. The molecule has 10 heteroatoms. The number of hydrogen-bond donors (Lipinski definition) is 1. The lowest BCUT2D eigenvalue weighted by Gasteiger charge is -2.12. The number of nitrogens with zero attached hydrogens (tertiary/aromatic N) is 2. The maximum atomic E-state index is 12.6. The van der Waals surface area contributed by atoms with E-state index in [0.29, 0.717) is 18.3 Å². The third-order valence-corrected chi connectivity index (χ3v) is 6.28. The summed E-state index contributed by atoms with van der Waals surface area (Å²) < 4.78 is 1.26. The van der Waals surface area contributed by atoms with E-state index in [1.807, 2.05) is 45.2 Å². The van der Waals surface area contributed by atoms with Crippen LogP contribution in [0.15, 0.2) is 41.3 Å². The topological polar surface area (TPSA) is 101 Å². The highest BCUT2D eigenvalue weighted by molar-refractivity contribution is 14.1. The molecule has 0 bridgehead atoms. The molecule has 2 aromatic rings. The molecule has 0 aliphatic carbocycles. The van der Waals surface area contributed by atoms with Gasteiger partial charge in [-0.2, -0.15) is 0 Å². The molecule has 1 aliphatic rings. The zero-order valence-electron chi connectivity index (χ0n) is 13.4. The second kappa shape index (κ2) is 8.14. The average Bonchev–Trinajstić information content (AvgIpc) is 2.87. The molecular weight excluding hydrogens is 598 g/mol. The van der Waals surface area contributed by atoms with Crippen LogP contribution in [0.2, 0.25) is 0 Å². The molecule has 1 aliphatic heterocycles. The number of thioether (sulfide) groups is 1. The molecule has 1 heterocycles. The van der Waals surface area contributed by atoms with Gasteiger partial charge in [-0.15, -0.1) is 0 Å². The van der Waals surface area contributed by atoms with Crippen molar-refractivity contribution in [3.05, 3.63) is 69.7 Å². The largest absolute Gasteiger partial charge is 0.506 e. The summed E-state index contributed by atoms with van der Waals surface area (Å²) in [6.45, 7) is -0.163. The summed E-state index contributed by atoms with van der Waals surface area (Å²) in [7, 11) is 0. The molecule has 0 radical (unpaired) electrons. The fraction of sp³-hybridized carbons (Fsp3) is 0.0588. The summed E-state index contributed by atoms with van der Waals surface area (Å²) in [6, 6.07) is 9.42. The van der Waals surface area contributed by atoms with E-state index < -0.39 is 16.1 Å². The van der Waals surface area contributed by atoms with Crippen molar-refractivity contribution in [1.82, 2.24) is 4.90 Å². The predicted molar refractivity (Wildman–Crippen MR) is 118 cm³/mol. The maximum absolute atomic E-state index is 12.6. The molecule has 138 valence electrons. The van der Waals surface area contributed by atoms with E-state index in [-0.39, 0.29) is 22.9 Å². The number of carbonyl (C=O) groups is 2. The molecule has 0 atom stereocenters. The predicted octanol–water partition coefficient (Wildman–Crippen LogP) is 4.75. The fourth-order valence-corrected chi connectivity index (χ4v) is 5.10. The second-order valence-corrected chi connectivity index (χ2v) is 8.80. The van der Waals surface area contributed by atoms with Crippen LogP contribution in [0.25, 0.3) is 6.08 Å². The van der Waals surface area contributed by atoms with Crippen molar-refractivity contribution in [2.24, 2.45) is 0 Å². The molecule has 0 spiro atoms. The molecule has 7 nitrogen and oxygen atoms in total. The number of para-hydroxylation sites is 1. The Morgan fingerprint density at radius 3 is 2.44 bits per heavy atom. The smallest absolute Gasteiger partial charge is 0.293 e. The molecular formula is C17H10I2N2O5S. The van der Waals surface area contributed by atoms with Crippen molar-refractivity contribution in [1.29, 1.82) is 0 Å². The Labute approximate surface area is 185 Å². The Balaban J connectivity index is 1.89. The molecule has 27 heavy (non-hydrogen) atoms. The SMILES string of the molecule is O=C1S/C(=C\c2cc(I)c(O)c(I)c2)C(=O)N1Cc1ccccc1[N+](=O)[O-]. The molecule has 1 fully saturated rings. The van der Waals surface area contributed by atoms with Gasteiger partial charge in [-0.05, 0) is 80.7 Å². The molecule has 0 saturated carbocycles. The summed E-state index contributed by atoms with van der Waals surface area (Å²) in [4.78, 5) is 36.7. The van der Waals surface area contributed by atoms with Crippen LogP contribution >= 0.6 is 56.9 Å². The number of aromatic hydroxyl groups is 1. The molecule has 2 amide bonds. The Morgan fingerprint density at radius 1 is 1.19 bits per heavy atom. The highest BCUT2D eigenvalue weighted by Gasteiger charge is 2.36. The molecule has 2 aromatic carbocycles. The van der Waals surface area contributed by atoms with E-state index in [0.717, 1.165) is 16.7 Å². The van der Waals surface area contributed by atoms with Gasteiger partial charge in [-0.1, -0.05) is 18.2 Å². The van der Waals surface area contributed by atoms with Gasteiger partial charge >= 0.3 is 0 Å². The van der Waals surface area contributed by atoms with E-state index in [4.69, 9.17) is 0 Å². The number of nitro benzene ring substituents is 1. The van der Waals surface area contributed by atoms with Gasteiger partial charge < -0.3 is 5.11 Å². The van der Waals surface area contributed by atoms with Crippen LogP contribution in [-0.2, 0) is 11.3 Å². The van der Waals surface area contributed by atoms with Crippen LogP contribution in [0.4, 0.5) is 10.5 Å². The van der Waals surface area contributed by atoms with Crippen molar-refractivity contribution in [3.8, 4) is 5.75 Å². The van der Waals surface area contributed by atoms with Crippen molar-refractivity contribution in [2.75, 3.05) is 0 Å². The minimum absolute atomic E-state index is 0.136. The summed E-state index contributed by atoms with van der Waals surface area (Å²) in [5.74, 6) is -0.334. The Kier molecular flexibility index (Phi) is 6.05. The van der Waals surface area contributed by atoms with E-state index in [9.17, 15) is 24.8 Å². The van der Waals surface area contributed by atoms with Gasteiger partial charge in [0.1, 0.15) is 5.75 Å². The van der Waals surface area contributed by atoms with E-state index in [1.165, 1.54) is 18.2 Å². The number of nitro groups is 1. The summed E-state index contributed by atoms with van der Waals surface area (Å²) >= 11 is 4.75. The van der Waals surface area contributed by atoms with Crippen molar-refractivity contribution in [2.45, 2.75) is 6.54 Å². The number of benzene rings is 2. The number of halogens is 2. The number of phenols is 1. The van der Waals surface area contributed by atoms with Gasteiger partial charge in [-0.25, -0.2) is 0 Å². The maximum Gasteiger partial charge on any atom is 0.293 e. The zero-order valence-corrected chi connectivity index (χ0v) is 18.5. The third kappa shape index (κ3) is 4.27. The first kappa shape index (κ1) is 20.1. The van der Waals surface area contributed by atoms with Gasteiger partial charge in [0.05, 0.1) is 23.5 Å². The fourth-order valence-electron chi connectivity index (χ4n) is 2.45. The highest BCUT2D eigenvalue weighted by atomic mass is 127. The summed E-state index contributed by atoms with van der Waals surface area (Å²) in [6.07, 6.45) is 1.58. The molecule has 0 aromatic heterocycles. The van der Waals surface area contributed by atoms with Crippen LogP contribution in [-0.4, -0.2) is 26.1 Å². The van der Waals surface area contributed by atoms with Gasteiger partial charge in [0.25, 0.3) is 16.8 Å². The molecule has 0 unspecified atom stereocenters. The Hall–Kier alpha value is -1.67. The third-order valence-electron chi connectivity index (χ3n) is 3.73. The van der Waals surface area contributed by atoms with Crippen molar-refractivity contribution >= 4 is 79.9 Å². The highest BCUT2D eigenvalue weighted by Crippen LogP contribution is 2.35. The summed E-state index contributed by atoms with van der Waals surface area (Å²) in [5.41, 5.74) is 0.834. The average molecular weight is 608 g/mol. The van der Waals surface area contributed by atoms with Gasteiger partial charge in [-0.3, -0.25) is 24.6 Å². The van der Waals surface area contributed by atoms with E-state index in [2.05, 4.69) is 0 Å². The number of phenolic OH excluding ortho intramolecular Hbond substituents is 1. The van der Waals surface area contributed by atoms with Crippen LogP contribution in [0, 0.1) is 17.3 Å². The quantitative estimate of drug-likeness (QED) is 0.233. The number of hydrogen-bond acceptors (Lipinski definition) is 6. The van der Waals surface area contributed by atoms with Crippen LogP contribution in [0.5, 0.6) is 5.75 Å². The minimum atomic E-state index is -0.537. The Bertz CT molecular complexity index is 986. The zero-order chi connectivity index (χ0) is 19.7. The number of rotatable bonds is 4. The van der Waals surface area contributed by atoms with Gasteiger partial charge in [0.15, 0.2) is 0 Å². The molecule has 3 rings (SSSR count).